The fraction of sp³-hybridized carbons (Fsp3) is 0.167. The lowest BCUT2D eigenvalue weighted by Crippen LogP contribution is -2.11. The summed E-state index contributed by atoms with van der Waals surface area (Å²) in [5, 5.41) is 5.48. The number of hydrogen-bond acceptors (Lipinski definition) is 3. The van der Waals surface area contributed by atoms with Crippen LogP contribution in [0.4, 0.5) is 5.69 Å². The van der Waals surface area contributed by atoms with Gasteiger partial charge in [0.25, 0.3) is 0 Å². The minimum atomic E-state index is 0.794. The molecule has 0 spiro atoms. The van der Waals surface area contributed by atoms with Gasteiger partial charge in [-0.3, -0.25) is 0 Å². The summed E-state index contributed by atoms with van der Waals surface area (Å²) in [4.78, 5) is 1.35. The van der Waals surface area contributed by atoms with E-state index in [1.165, 1.54) is 10.4 Å². The van der Waals surface area contributed by atoms with Crippen LogP contribution < -0.4 is 11.1 Å². The summed E-state index contributed by atoms with van der Waals surface area (Å²) in [6.45, 7) is 1.74. The van der Waals surface area contributed by atoms with Crippen LogP contribution in [0.25, 0.3) is 0 Å². The lowest BCUT2D eigenvalue weighted by atomic mass is 10.2. The highest BCUT2D eigenvalue weighted by atomic mass is 79.9. The number of halogens is 1. The van der Waals surface area contributed by atoms with E-state index in [2.05, 4.69) is 44.8 Å². The summed E-state index contributed by atoms with van der Waals surface area (Å²) in [6.07, 6.45) is 0. The first-order chi connectivity index (χ1) is 7.74. The van der Waals surface area contributed by atoms with Crippen LogP contribution in [0.15, 0.2) is 40.2 Å². The maximum atomic E-state index is 5.77. The maximum Gasteiger partial charge on any atom is 0.0328 e. The van der Waals surface area contributed by atoms with Gasteiger partial charge >= 0.3 is 0 Å². The third-order valence-electron chi connectivity index (χ3n) is 2.19. The normalized spacial score (nSPS) is 10.6. The number of thiophene rings is 1. The van der Waals surface area contributed by atoms with E-state index in [0.29, 0.717) is 0 Å². The minimum Gasteiger partial charge on any atom is -0.399 e. The molecule has 0 saturated heterocycles. The van der Waals surface area contributed by atoms with Gasteiger partial charge in [-0.15, -0.1) is 11.3 Å². The van der Waals surface area contributed by atoms with Crippen LogP contribution in [0.2, 0.25) is 0 Å². The standard InChI is InChI=1S/C12H13BrN2S/c13-10-4-9(5-11(14)6-10)7-15-8-12-2-1-3-16-12/h1-6,15H,7-8,14H2. The average Bonchev–Trinajstić information content (AvgIpc) is 2.69. The third-order valence-corrected chi connectivity index (χ3v) is 3.52. The maximum absolute atomic E-state index is 5.77. The summed E-state index contributed by atoms with van der Waals surface area (Å²) >= 11 is 5.21. The number of nitrogens with two attached hydrogens (primary N) is 1. The molecular formula is C12H13BrN2S. The number of rotatable bonds is 4. The Morgan fingerprint density at radius 1 is 1.25 bits per heavy atom. The van der Waals surface area contributed by atoms with Crippen LogP contribution in [0.1, 0.15) is 10.4 Å². The van der Waals surface area contributed by atoms with Gasteiger partial charge in [-0.25, -0.2) is 0 Å². The van der Waals surface area contributed by atoms with Crippen LogP contribution in [0, 0.1) is 0 Å². The van der Waals surface area contributed by atoms with E-state index in [9.17, 15) is 0 Å². The summed E-state index contributed by atoms with van der Waals surface area (Å²) in [5.41, 5.74) is 7.76. The molecule has 0 saturated carbocycles. The van der Waals surface area contributed by atoms with Crippen molar-refractivity contribution in [1.82, 2.24) is 5.32 Å². The van der Waals surface area contributed by atoms with E-state index in [1.54, 1.807) is 11.3 Å². The van der Waals surface area contributed by atoms with Crippen molar-refractivity contribution in [1.29, 1.82) is 0 Å². The zero-order valence-electron chi connectivity index (χ0n) is 8.74. The Labute approximate surface area is 108 Å². The van der Waals surface area contributed by atoms with Gasteiger partial charge in [0.1, 0.15) is 0 Å². The van der Waals surface area contributed by atoms with E-state index in [4.69, 9.17) is 5.73 Å². The molecule has 1 heterocycles. The lowest BCUT2D eigenvalue weighted by Gasteiger charge is -2.05. The summed E-state index contributed by atoms with van der Waals surface area (Å²) in [5.74, 6) is 0. The number of benzene rings is 1. The van der Waals surface area contributed by atoms with Gasteiger partial charge in [-0.05, 0) is 35.2 Å². The highest BCUT2D eigenvalue weighted by Crippen LogP contribution is 2.17. The topological polar surface area (TPSA) is 38.0 Å². The van der Waals surface area contributed by atoms with E-state index in [-0.39, 0.29) is 0 Å². The van der Waals surface area contributed by atoms with Gasteiger partial charge in [-0.2, -0.15) is 0 Å². The van der Waals surface area contributed by atoms with Crippen molar-refractivity contribution in [3.63, 3.8) is 0 Å². The first kappa shape index (κ1) is 11.6. The van der Waals surface area contributed by atoms with Gasteiger partial charge < -0.3 is 11.1 Å². The molecule has 2 aromatic rings. The number of nitrogen functional groups attached to an aromatic ring is 1. The molecule has 84 valence electrons. The van der Waals surface area contributed by atoms with Crippen molar-refractivity contribution < 1.29 is 0 Å². The molecular weight excluding hydrogens is 284 g/mol. The Bertz CT molecular complexity index is 434. The van der Waals surface area contributed by atoms with Crippen molar-refractivity contribution in [3.8, 4) is 0 Å². The second kappa shape index (κ2) is 5.48. The molecule has 1 aromatic carbocycles. The Kier molecular flexibility index (Phi) is 3.98. The predicted octanol–water partition coefficient (Wildman–Crippen LogP) is 3.38. The second-order valence-corrected chi connectivity index (χ2v) is 5.52. The highest BCUT2D eigenvalue weighted by Gasteiger charge is 1.98. The summed E-state index contributed by atoms with van der Waals surface area (Å²) in [7, 11) is 0. The molecule has 0 aliphatic carbocycles. The third kappa shape index (κ3) is 3.33. The molecule has 4 heteroatoms. The Balaban J connectivity index is 1.89. The molecule has 0 bridgehead atoms. The Morgan fingerprint density at radius 3 is 2.81 bits per heavy atom. The van der Waals surface area contributed by atoms with Crippen LogP contribution in [0.3, 0.4) is 0 Å². The summed E-state index contributed by atoms with van der Waals surface area (Å²) in [6, 6.07) is 10.2. The molecule has 0 fully saturated rings. The highest BCUT2D eigenvalue weighted by molar-refractivity contribution is 9.10. The van der Waals surface area contributed by atoms with E-state index in [0.717, 1.165) is 23.2 Å². The molecule has 1 aromatic heterocycles. The van der Waals surface area contributed by atoms with Gasteiger partial charge in [-0.1, -0.05) is 22.0 Å². The number of nitrogens with one attached hydrogen (secondary N) is 1. The zero-order valence-corrected chi connectivity index (χ0v) is 11.1. The molecule has 0 aliphatic heterocycles. The average molecular weight is 297 g/mol. The smallest absolute Gasteiger partial charge is 0.0328 e. The molecule has 0 amide bonds. The number of anilines is 1. The molecule has 0 aliphatic rings. The molecule has 2 nitrogen and oxygen atoms in total. The van der Waals surface area contributed by atoms with Crippen LogP contribution >= 0.6 is 27.3 Å². The lowest BCUT2D eigenvalue weighted by molar-refractivity contribution is 0.701. The van der Waals surface area contributed by atoms with Gasteiger partial charge in [0.15, 0.2) is 0 Å². The molecule has 2 rings (SSSR count). The van der Waals surface area contributed by atoms with Crippen LogP contribution in [0.5, 0.6) is 0 Å². The van der Waals surface area contributed by atoms with E-state index in [1.807, 2.05) is 12.1 Å². The summed E-state index contributed by atoms with van der Waals surface area (Å²) < 4.78 is 1.03. The van der Waals surface area contributed by atoms with Crippen LogP contribution in [-0.2, 0) is 13.1 Å². The molecule has 16 heavy (non-hydrogen) atoms. The Morgan fingerprint density at radius 2 is 2.12 bits per heavy atom. The van der Waals surface area contributed by atoms with E-state index < -0.39 is 0 Å². The second-order valence-electron chi connectivity index (χ2n) is 3.58. The largest absolute Gasteiger partial charge is 0.399 e. The molecule has 0 radical (unpaired) electrons. The number of hydrogen-bond donors (Lipinski definition) is 2. The zero-order chi connectivity index (χ0) is 11.4. The fourth-order valence-electron chi connectivity index (χ4n) is 1.52. The Hall–Kier alpha value is -0.840. The minimum absolute atomic E-state index is 0.794. The first-order valence-corrected chi connectivity index (χ1v) is 6.69. The van der Waals surface area contributed by atoms with Crippen molar-refractivity contribution in [3.05, 3.63) is 50.6 Å². The van der Waals surface area contributed by atoms with Crippen molar-refractivity contribution >= 4 is 33.0 Å². The molecule has 3 N–H and O–H groups in total. The van der Waals surface area contributed by atoms with E-state index >= 15 is 0 Å². The van der Waals surface area contributed by atoms with Crippen molar-refractivity contribution in [2.75, 3.05) is 5.73 Å². The van der Waals surface area contributed by atoms with Crippen molar-refractivity contribution in [2.24, 2.45) is 0 Å². The fourth-order valence-corrected chi connectivity index (χ4v) is 2.75. The van der Waals surface area contributed by atoms with Gasteiger partial charge in [0, 0.05) is 28.1 Å². The first-order valence-electron chi connectivity index (χ1n) is 5.02. The SMILES string of the molecule is Nc1cc(Br)cc(CNCc2cccs2)c1. The van der Waals surface area contributed by atoms with Crippen LogP contribution in [-0.4, -0.2) is 0 Å². The quantitative estimate of drug-likeness (QED) is 0.849. The predicted molar refractivity (Wildman–Crippen MR) is 73.4 cm³/mol. The molecule has 0 atom stereocenters. The van der Waals surface area contributed by atoms with Gasteiger partial charge in [0.2, 0.25) is 0 Å². The van der Waals surface area contributed by atoms with Gasteiger partial charge in [0.05, 0.1) is 0 Å². The monoisotopic (exact) mass is 296 g/mol. The molecule has 0 unspecified atom stereocenters. The van der Waals surface area contributed by atoms with Crippen molar-refractivity contribution in [2.45, 2.75) is 13.1 Å².